The predicted octanol–water partition coefficient (Wildman–Crippen LogP) is 3.93. The van der Waals surface area contributed by atoms with Gasteiger partial charge in [0.05, 0.1) is 11.6 Å². The maximum Gasteiger partial charge on any atom is 0.136 e. The van der Waals surface area contributed by atoms with Crippen LogP contribution in [0.15, 0.2) is 16.6 Å². The van der Waals surface area contributed by atoms with Crippen LogP contribution in [0.25, 0.3) is 0 Å². The molecule has 1 aliphatic rings. The molecule has 0 bridgehead atoms. The van der Waals surface area contributed by atoms with Crippen LogP contribution < -0.4 is 10.5 Å². The van der Waals surface area contributed by atoms with E-state index in [0.29, 0.717) is 0 Å². The third kappa shape index (κ3) is 2.30. The fourth-order valence-corrected chi connectivity index (χ4v) is 4.15. The molecule has 2 N–H and O–H groups in total. The fourth-order valence-electron chi connectivity index (χ4n) is 3.12. The van der Waals surface area contributed by atoms with Crippen molar-refractivity contribution in [1.29, 1.82) is 0 Å². The van der Waals surface area contributed by atoms with Gasteiger partial charge in [-0.3, -0.25) is 0 Å². The molecule has 0 unspecified atom stereocenters. The van der Waals surface area contributed by atoms with Gasteiger partial charge in [-0.05, 0) is 46.8 Å². The number of aryl methyl sites for hydroxylation is 1. The summed E-state index contributed by atoms with van der Waals surface area (Å²) in [4.78, 5) is 0. The van der Waals surface area contributed by atoms with Crippen molar-refractivity contribution in [3.63, 3.8) is 0 Å². The second-order valence-corrected chi connectivity index (χ2v) is 6.12. The van der Waals surface area contributed by atoms with Crippen LogP contribution in [0.1, 0.15) is 43.2 Å². The lowest BCUT2D eigenvalue weighted by Crippen LogP contribution is -2.37. The van der Waals surface area contributed by atoms with Crippen LogP contribution >= 0.6 is 15.9 Å². The van der Waals surface area contributed by atoms with Crippen LogP contribution in [-0.2, 0) is 5.41 Å². The minimum atomic E-state index is 0.137. The zero-order valence-corrected chi connectivity index (χ0v) is 12.8. The number of benzene rings is 1. The van der Waals surface area contributed by atoms with Crippen molar-refractivity contribution < 1.29 is 4.74 Å². The number of ether oxygens (including phenoxy) is 1. The summed E-state index contributed by atoms with van der Waals surface area (Å²) in [7, 11) is 1.73. The van der Waals surface area contributed by atoms with Crippen LogP contribution in [0, 0.1) is 6.92 Å². The molecule has 0 aromatic heterocycles. The van der Waals surface area contributed by atoms with Gasteiger partial charge >= 0.3 is 0 Å². The molecule has 2 nitrogen and oxygen atoms in total. The number of halogens is 1. The molecular weight excluding hydrogens is 290 g/mol. The van der Waals surface area contributed by atoms with Gasteiger partial charge in [-0.25, -0.2) is 0 Å². The fraction of sp³-hybridized carbons (Fsp3) is 0.600. The van der Waals surface area contributed by atoms with Crippen LogP contribution in [0.4, 0.5) is 0 Å². The molecule has 1 aromatic rings. The summed E-state index contributed by atoms with van der Waals surface area (Å²) in [6.07, 6.45) is 6.27. The first kappa shape index (κ1) is 13.9. The maximum absolute atomic E-state index is 6.11. The smallest absolute Gasteiger partial charge is 0.136 e. The first-order chi connectivity index (χ1) is 8.64. The molecule has 0 saturated heterocycles. The van der Waals surface area contributed by atoms with E-state index in [0.717, 1.165) is 22.3 Å². The molecule has 1 aliphatic carbocycles. The summed E-state index contributed by atoms with van der Waals surface area (Å²) in [5.41, 5.74) is 8.73. The van der Waals surface area contributed by atoms with Crippen LogP contribution in [-0.4, -0.2) is 13.7 Å². The Kier molecular flexibility index (Phi) is 4.33. The van der Waals surface area contributed by atoms with Crippen molar-refractivity contribution in [1.82, 2.24) is 0 Å². The highest BCUT2D eigenvalue weighted by Crippen LogP contribution is 2.45. The Bertz CT molecular complexity index is 425. The molecule has 1 aromatic carbocycles. The van der Waals surface area contributed by atoms with Gasteiger partial charge in [0.1, 0.15) is 5.75 Å². The van der Waals surface area contributed by atoms with E-state index in [2.05, 4.69) is 35.0 Å². The minimum absolute atomic E-state index is 0.137. The average Bonchev–Trinajstić information content (AvgIpc) is 2.40. The summed E-state index contributed by atoms with van der Waals surface area (Å²) in [6, 6.07) is 4.37. The monoisotopic (exact) mass is 311 g/mol. The first-order valence-electron chi connectivity index (χ1n) is 6.68. The highest BCUT2D eigenvalue weighted by Gasteiger charge is 2.35. The number of nitrogens with two attached hydrogens (primary N) is 1. The van der Waals surface area contributed by atoms with E-state index in [4.69, 9.17) is 10.5 Å². The molecule has 2 rings (SSSR count). The van der Waals surface area contributed by atoms with E-state index >= 15 is 0 Å². The standard InChI is InChI=1S/C15H22BrNO/c1-11-6-7-12(13(16)14(11)18-2)15(10-17)8-4-3-5-9-15/h6-7H,3-5,8-10,17H2,1-2H3. The first-order valence-corrected chi connectivity index (χ1v) is 7.47. The Labute approximate surface area is 118 Å². The Morgan fingerprint density at radius 3 is 2.50 bits per heavy atom. The molecule has 1 fully saturated rings. The summed E-state index contributed by atoms with van der Waals surface area (Å²) in [6.45, 7) is 2.79. The molecule has 100 valence electrons. The Balaban J connectivity index is 2.48. The van der Waals surface area contributed by atoms with Crippen molar-refractivity contribution in [2.45, 2.75) is 44.4 Å². The highest BCUT2D eigenvalue weighted by atomic mass is 79.9. The molecule has 0 aliphatic heterocycles. The van der Waals surface area contributed by atoms with Crippen LogP contribution in [0.2, 0.25) is 0 Å². The quantitative estimate of drug-likeness (QED) is 0.918. The lowest BCUT2D eigenvalue weighted by Gasteiger charge is -2.38. The topological polar surface area (TPSA) is 35.2 Å². The molecule has 0 heterocycles. The normalized spacial score (nSPS) is 18.7. The third-order valence-electron chi connectivity index (χ3n) is 4.27. The van der Waals surface area contributed by atoms with Crippen molar-refractivity contribution in [3.8, 4) is 5.75 Å². The van der Waals surface area contributed by atoms with Gasteiger partial charge in [0.15, 0.2) is 0 Å². The Morgan fingerprint density at radius 1 is 1.28 bits per heavy atom. The zero-order chi connectivity index (χ0) is 13.2. The van der Waals surface area contributed by atoms with Gasteiger partial charge in [-0.1, -0.05) is 31.4 Å². The molecule has 0 atom stereocenters. The summed E-state index contributed by atoms with van der Waals surface area (Å²) < 4.78 is 6.60. The minimum Gasteiger partial charge on any atom is -0.495 e. The number of hydrogen-bond acceptors (Lipinski definition) is 2. The Morgan fingerprint density at radius 2 is 1.94 bits per heavy atom. The SMILES string of the molecule is COc1c(C)ccc(C2(CN)CCCCC2)c1Br. The number of rotatable bonds is 3. The maximum atomic E-state index is 6.11. The summed E-state index contributed by atoms with van der Waals surface area (Å²) in [5, 5.41) is 0. The van der Waals surface area contributed by atoms with Crippen molar-refractivity contribution in [3.05, 3.63) is 27.7 Å². The van der Waals surface area contributed by atoms with Gasteiger partial charge in [0, 0.05) is 12.0 Å². The van der Waals surface area contributed by atoms with Gasteiger partial charge in [-0.2, -0.15) is 0 Å². The zero-order valence-electron chi connectivity index (χ0n) is 11.3. The lowest BCUT2D eigenvalue weighted by atomic mass is 9.69. The lowest BCUT2D eigenvalue weighted by molar-refractivity contribution is 0.298. The van der Waals surface area contributed by atoms with Gasteiger partial charge in [-0.15, -0.1) is 0 Å². The van der Waals surface area contributed by atoms with E-state index < -0.39 is 0 Å². The largest absolute Gasteiger partial charge is 0.495 e. The summed E-state index contributed by atoms with van der Waals surface area (Å²) >= 11 is 3.72. The average molecular weight is 312 g/mol. The Hall–Kier alpha value is -0.540. The van der Waals surface area contributed by atoms with E-state index in [1.807, 2.05) is 0 Å². The van der Waals surface area contributed by atoms with E-state index in [9.17, 15) is 0 Å². The van der Waals surface area contributed by atoms with E-state index in [-0.39, 0.29) is 5.41 Å². The third-order valence-corrected chi connectivity index (χ3v) is 5.06. The van der Waals surface area contributed by atoms with Crippen LogP contribution in [0.5, 0.6) is 5.75 Å². The van der Waals surface area contributed by atoms with Crippen molar-refractivity contribution >= 4 is 15.9 Å². The molecule has 3 heteroatoms. The van der Waals surface area contributed by atoms with Gasteiger partial charge < -0.3 is 10.5 Å². The van der Waals surface area contributed by atoms with E-state index in [1.54, 1.807) is 7.11 Å². The summed E-state index contributed by atoms with van der Waals surface area (Å²) in [5.74, 6) is 0.950. The van der Waals surface area contributed by atoms with Crippen molar-refractivity contribution in [2.24, 2.45) is 5.73 Å². The van der Waals surface area contributed by atoms with Crippen LogP contribution in [0.3, 0.4) is 0 Å². The molecule has 0 radical (unpaired) electrons. The van der Waals surface area contributed by atoms with Crippen molar-refractivity contribution in [2.75, 3.05) is 13.7 Å². The number of methoxy groups -OCH3 is 1. The molecular formula is C15H22BrNO. The highest BCUT2D eigenvalue weighted by molar-refractivity contribution is 9.10. The van der Waals surface area contributed by atoms with E-state index in [1.165, 1.54) is 37.7 Å². The number of hydrogen-bond donors (Lipinski definition) is 1. The van der Waals surface area contributed by atoms with Gasteiger partial charge in [0.25, 0.3) is 0 Å². The second-order valence-electron chi connectivity index (χ2n) is 5.32. The second kappa shape index (κ2) is 5.62. The molecule has 0 spiro atoms. The molecule has 0 amide bonds. The molecule has 18 heavy (non-hydrogen) atoms. The molecule has 1 saturated carbocycles. The predicted molar refractivity (Wildman–Crippen MR) is 79.2 cm³/mol. The van der Waals surface area contributed by atoms with Gasteiger partial charge in [0.2, 0.25) is 0 Å².